The maximum Gasteiger partial charge on any atom is 0.164 e. The van der Waals surface area contributed by atoms with Gasteiger partial charge in [0, 0.05) is 47.6 Å². The van der Waals surface area contributed by atoms with E-state index >= 15 is 0 Å². The lowest BCUT2D eigenvalue weighted by atomic mass is 9.97. The predicted molar refractivity (Wildman–Crippen MR) is 207 cm³/mol. The minimum atomic E-state index is -0.259. The van der Waals surface area contributed by atoms with Gasteiger partial charge < -0.3 is 4.42 Å². The van der Waals surface area contributed by atoms with Crippen LogP contribution < -0.4 is 0 Å². The number of fused-ring (bicyclic) bond motifs is 6. The Hall–Kier alpha value is -6.43. The third kappa shape index (κ3) is 4.79. The molecule has 0 radical (unpaired) electrons. The van der Waals surface area contributed by atoms with E-state index in [1.165, 1.54) is 0 Å². The summed E-state index contributed by atoms with van der Waals surface area (Å²) < 4.78 is 62.3. The summed E-state index contributed by atoms with van der Waals surface area (Å²) in [6.45, 7) is 0. The van der Waals surface area contributed by atoms with Gasteiger partial charge in [0.05, 0.1) is 8.22 Å². The molecule has 0 aliphatic rings. The van der Waals surface area contributed by atoms with Crippen molar-refractivity contribution in [1.29, 1.82) is 0 Å². The molecule has 0 aliphatic carbocycles. The summed E-state index contributed by atoms with van der Waals surface area (Å²) in [6, 6.07) is 39.3. The van der Waals surface area contributed by atoms with E-state index in [4.69, 9.17) is 23.5 Å². The largest absolute Gasteiger partial charge is 0.456 e. The Morgan fingerprint density at radius 1 is 0.460 bits per heavy atom. The quantitative estimate of drug-likeness (QED) is 0.184. The van der Waals surface area contributed by atoms with Crippen LogP contribution in [0.2, 0.25) is 0 Å². The molecule has 0 saturated carbocycles. The highest BCUT2D eigenvalue weighted by Crippen LogP contribution is 2.43. The van der Waals surface area contributed by atoms with Crippen molar-refractivity contribution in [1.82, 2.24) is 15.0 Å². The fourth-order valence-corrected chi connectivity index (χ4v) is 7.55. The average molecular weight is 664 g/mol. The molecule has 3 heterocycles. The molecule has 0 bridgehead atoms. The van der Waals surface area contributed by atoms with Crippen LogP contribution in [-0.4, -0.2) is 15.0 Å². The molecule has 0 fully saturated rings. The zero-order chi connectivity index (χ0) is 38.2. The smallest absolute Gasteiger partial charge is 0.164 e. The van der Waals surface area contributed by atoms with Crippen molar-refractivity contribution in [3.05, 3.63) is 164 Å². The molecule has 0 atom stereocenters. The van der Waals surface area contributed by atoms with Crippen LogP contribution in [0.25, 0.3) is 98.5 Å². The van der Waals surface area contributed by atoms with Crippen LogP contribution in [0.3, 0.4) is 0 Å². The van der Waals surface area contributed by atoms with Crippen molar-refractivity contribution < 1.29 is 12.6 Å². The number of aromatic nitrogens is 3. The third-order valence-electron chi connectivity index (χ3n) is 8.88. The molecule has 50 heavy (non-hydrogen) atoms. The van der Waals surface area contributed by atoms with Gasteiger partial charge in [-0.2, -0.15) is 0 Å². The van der Waals surface area contributed by atoms with Crippen LogP contribution >= 0.6 is 11.3 Å². The van der Waals surface area contributed by atoms with Crippen LogP contribution in [0, 0.1) is 0 Å². The van der Waals surface area contributed by atoms with Crippen LogP contribution in [-0.2, 0) is 0 Å². The molecule has 0 unspecified atom stereocenters. The summed E-state index contributed by atoms with van der Waals surface area (Å²) in [5, 5.41) is 2.41. The molecule has 0 spiro atoms. The second-order valence-corrected chi connectivity index (χ2v) is 12.9. The molecule has 10 aromatic rings. The van der Waals surface area contributed by atoms with Crippen LogP contribution in [0.4, 0.5) is 0 Å². The minimum absolute atomic E-state index is 0.0589. The van der Waals surface area contributed by atoms with Gasteiger partial charge in [-0.15, -0.1) is 11.3 Å². The van der Waals surface area contributed by atoms with E-state index in [1.54, 1.807) is 0 Å². The molecule has 234 valence electrons. The van der Waals surface area contributed by atoms with Crippen molar-refractivity contribution in [3.8, 4) is 56.4 Å². The molecule has 7 aromatic carbocycles. The van der Waals surface area contributed by atoms with Gasteiger partial charge in [-0.3, -0.25) is 0 Å². The molecule has 4 nitrogen and oxygen atoms in total. The summed E-state index contributed by atoms with van der Waals surface area (Å²) in [7, 11) is 0. The van der Waals surface area contributed by atoms with Crippen LogP contribution in [0.1, 0.15) is 8.22 Å². The molecule has 3 aromatic heterocycles. The van der Waals surface area contributed by atoms with Gasteiger partial charge in [0.2, 0.25) is 0 Å². The second kappa shape index (κ2) is 11.6. The topological polar surface area (TPSA) is 51.8 Å². The van der Waals surface area contributed by atoms with E-state index < -0.39 is 0 Å². The van der Waals surface area contributed by atoms with Gasteiger partial charge in [-0.1, -0.05) is 133 Å². The third-order valence-corrected chi connectivity index (χ3v) is 9.90. The van der Waals surface area contributed by atoms with E-state index in [1.807, 2.05) is 127 Å². The highest BCUT2D eigenvalue weighted by atomic mass is 32.1. The minimum Gasteiger partial charge on any atom is -0.456 e. The first-order valence-corrected chi connectivity index (χ1v) is 16.9. The Morgan fingerprint density at radius 3 is 1.98 bits per heavy atom. The van der Waals surface area contributed by atoms with Crippen molar-refractivity contribution in [2.24, 2.45) is 0 Å². The Labute approximate surface area is 300 Å². The van der Waals surface area contributed by atoms with E-state index in [0.29, 0.717) is 43.1 Å². The zero-order valence-corrected chi connectivity index (χ0v) is 27.1. The van der Waals surface area contributed by atoms with E-state index in [9.17, 15) is 4.11 Å². The second-order valence-electron chi connectivity index (χ2n) is 11.9. The summed E-state index contributed by atoms with van der Waals surface area (Å²) in [6.07, 6.45) is 0. The SMILES string of the molecule is [2H]c1c([2H])c(-c2ccc3oc4ccccc4c3c2)c2c(sc3c([2H])c(-c4nc(-c5ccccc5)nc(-c5ccccc5-c5ccccc5)n4)c([2H])c([2H])c32)c1[2H]. The molecule has 10 rings (SSSR count). The molecular weight excluding hydrogens is 631 g/mol. The van der Waals surface area contributed by atoms with Crippen molar-refractivity contribution >= 4 is 53.4 Å². The van der Waals surface area contributed by atoms with Crippen LogP contribution in [0.15, 0.2) is 168 Å². The highest BCUT2D eigenvalue weighted by molar-refractivity contribution is 7.26. The Kier molecular flexibility index (Phi) is 5.35. The van der Waals surface area contributed by atoms with Crippen LogP contribution in [0.5, 0.6) is 0 Å². The van der Waals surface area contributed by atoms with E-state index in [2.05, 4.69) is 0 Å². The predicted octanol–water partition coefficient (Wildman–Crippen LogP) is 12.5. The van der Waals surface area contributed by atoms with Gasteiger partial charge in [0.25, 0.3) is 0 Å². The maximum absolute atomic E-state index is 9.64. The number of furan rings is 1. The number of nitrogens with zero attached hydrogens (tertiary/aromatic N) is 3. The lowest BCUT2D eigenvalue weighted by Crippen LogP contribution is -2.01. The Morgan fingerprint density at radius 2 is 1.14 bits per heavy atom. The summed E-state index contributed by atoms with van der Waals surface area (Å²) >= 11 is 1.12. The van der Waals surface area contributed by atoms with E-state index in [-0.39, 0.29) is 53.0 Å². The Bertz CT molecular complexity index is 3220. The molecule has 0 N–H and O–H groups in total. The number of thiophene rings is 1. The Balaban J connectivity index is 1.25. The first-order valence-electron chi connectivity index (χ1n) is 19.1. The normalized spacial score (nSPS) is 13.3. The standard InChI is InChI=1S/C45H27N3OS/c1-3-12-28(13-4-1)32-16-7-8-18-35(32)45-47-43(29-14-5-2-6-15-29)46-44(48-45)31-22-24-36-41(27-31)50-40-21-11-19-33(42(36)40)30-23-25-39-37(26-30)34-17-9-10-20-38(34)49-39/h1-27H/i11D,19D,21D,22D,24D,27D. The van der Waals surface area contributed by atoms with E-state index in [0.717, 1.165) is 49.9 Å². The maximum atomic E-state index is 9.64. The monoisotopic (exact) mass is 663 g/mol. The highest BCUT2D eigenvalue weighted by Gasteiger charge is 2.18. The average Bonchev–Trinajstić information content (AvgIpc) is 3.82. The fourth-order valence-electron chi connectivity index (χ4n) is 6.53. The summed E-state index contributed by atoms with van der Waals surface area (Å²) in [5.74, 6) is 0.780. The number of hydrogen-bond donors (Lipinski definition) is 0. The van der Waals surface area contributed by atoms with Gasteiger partial charge in [0.1, 0.15) is 11.2 Å². The zero-order valence-electron chi connectivity index (χ0n) is 32.3. The number of para-hydroxylation sites is 1. The lowest BCUT2D eigenvalue weighted by Gasteiger charge is -2.12. The first kappa shape index (κ1) is 23.0. The number of hydrogen-bond acceptors (Lipinski definition) is 5. The summed E-state index contributed by atoms with van der Waals surface area (Å²) in [5.41, 5.74) is 5.76. The van der Waals surface area contributed by atoms with Crippen molar-refractivity contribution in [2.45, 2.75) is 0 Å². The van der Waals surface area contributed by atoms with Gasteiger partial charge in [0.15, 0.2) is 17.5 Å². The van der Waals surface area contributed by atoms with Crippen molar-refractivity contribution in [2.75, 3.05) is 0 Å². The molecule has 0 saturated heterocycles. The molecule has 0 amide bonds. The number of rotatable bonds is 5. The first-order chi connectivity index (χ1) is 27.3. The molecule has 0 aliphatic heterocycles. The summed E-state index contributed by atoms with van der Waals surface area (Å²) in [4.78, 5) is 14.7. The molecular formula is C45H27N3OS. The number of benzene rings is 7. The van der Waals surface area contributed by atoms with Gasteiger partial charge >= 0.3 is 0 Å². The fraction of sp³-hybridized carbons (Fsp3) is 0. The lowest BCUT2D eigenvalue weighted by molar-refractivity contribution is 0.669. The van der Waals surface area contributed by atoms with Gasteiger partial charge in [-0.25, -0.2) is 15.0 Å². The molecule has 5 heteroatoms. The van der Waals surface area contributed by atoms with Crippen molar-refractivity contribution in [3.63, 3.8) is 0 Å². The van der Waals surface area contributed by atoms with Gasteiger partial charge in [-0.05, 0) is 52.5 Å².